The Morgan fingerprint density at radius 3 is 2.70 bits per heavy atom. The highest BCUT2D eigenvalue weighted by Crippen LogP contribution is 2.41. The largest absolute Gasteiger partial charge is 0.465 e. The van der Waals surface area contributed by atoms with Crippen molar-refractivity contribution in [2.45, 2.75) is 25.0 Å². The number of carbonyl (C=O) groups is 1. The summed E-state index contributed by atoms with van der Waals surface area (Å²) < 4.78 is 0.965. The summed E-state index contributed by atoms with van der Waals surface area (Å²) >= 11 is 7.50. The van der Waals surface area contributed by atoms with E-state index in [0.29, 0.717) is 28.1 Å². The van der Waals surface area contributed by atoms with Crippen molar-refractivity contribution in [3.63, 3.8) is 0 Å². The molecule has 0 aliphatic heterocycles. The zero-order valence-corrected chi connectivity index (χ0v) is 16.0. The van der Waals surface area contributed by atoms with Crippen LogP contribution in [-0.2, 0) is 0 Å². The second kappa shape index (κ2) is 7.46. The fraction of sp³-hybridized carbons (Fsp3) is 0.300. The van der Waals surface area contributed by atoms with Gasteiger partial charge in [-0.15, -0.1) is 11.3 Å². The Balaban J connectivity index is 1.78. The Kier molecular flexibility index (Phi) is 5.04. The SMILES string of the molecule is O=C(O)N(CC1CC1)[C@H](c1nc2ccccc2s1)[C@@H](O)c1cccc(Cl)c1. The van der Waals surface area contributed by atoms with E-state index in [1.165, 1.54) is 16.2 Å². The van der Waals surface area contributed by atoms with Gasteiger partial charge in [0, 0.05) is 11.6 Å². The number of thiazole rings is 1. The second-order valence-electron chi connectivity index (χ2n) is 6.84. The minimum atomic E-state index is -1.06. The number of aliphatic hydroxyl groups is 1. The molecule has 1 aliphatic carbocycles. The molecule has 0 saturated heterocycles. The number of aromatic nitrogens is 1. The van der Waals surface area contributed by atoms with Gasteiger partial charge in [0.05, 0.1) is 10.2 Å². The van der Waals surface area contributed by atoms with E-state index in [4.69, 9.17) is 11.6 Å². The Morgan fingerprint density at radius 2 is 2.04 bits per heavy atom. The molecule has 1 aliphatic rings. The number of amides is 1. The number of benzene rings is 2. The van der Waals surface area contributed by atoms with Crippen molar-refractivity contribution in [3.05, 3.63) is 64.1 Å². The molecule has 1 aromatic heterocycles. The molecular formula is C20H19ClN2O3S. The first-order valence-electron chi connectivity index (χ1n) is 8.81. The molecule has 7 heteroatoms. The molecule has 1 amide bonds. The molecule has 1 saturated carbocycles. The van der Waals surface area contributed by atoms with Crippen LogP contribution in [0.1, 0.15) is 35.6 Å². The van der Waals surface area contributed by atoms with Crippen LogP contribution in [0, 0.1) is 5.92 Å². The van der Waals surface area contributed by atoms with Crippen LogP contribution in [0.5, 0.6) is 0 Å². The van der Waals surface area contributed by atoms with Gasteiger partial charge in [-0.25, -0.2) is 9.78 Å². The zero-order valence-electron chi connectivity index (χ0n) is 14.5. The molecule has 4 rings (SSSR count). The fourth-order valence-corrected chi connectivity index (χ4v) is 4.53. The van der Waals surface area contributed by atoms with Crippen LogP contribution in [-0.4, -0.2) is 32.7 Å². The van der Waals surface area contributed by atoms with E-state index in [-0.39, 0.29) is 0 Å². The normalized spacial score (nSPS) is 16.2. The molecule has 2 N–H and O–H groups in total. The van der Waals surface area contributed by atoms with Crippen molar-refractivity contribution in [1.29, 1.82) is 0 Å². The Morgan fingerprint density at radius 1 is 1.26 bits per heavy atom. The summed E-state index contributed by atoms with van der Waals surface area (Å²) in [6.07, 6.45) is -0.0703. The van der Waals surface area contributed by atoms with Crippen LogP contribution in [0.3, 0.4) is 0 Å². The second-order valence-corrected chi connectivity index (χ2v) is 8.34. The van der Waals surface area contributed by atoms with Crippen molar-refractivity contribution in [1.82, 2.24) is 9.88 Å². The molecule has 1 heterocycles. The summed E-state index contributed by atoms with van der Waals surface area (Å²) in [6.45, 7) is 0.396. The van der Waals surface area contributed by atoms with E-state index in [1.807, 2.05) is 24.3 Å². The molecule has 0 spiro atoms. The van der Waals surface area contributed by atoms with Gasteiger partial charge in [-0.3, -0.25) is 4.90 Å². The van der Waals surface area contributed by atoms with Gasteiger partial charge in [0.1, 0.15) is 17.2 Å². The third kappa shape index (κ3) is 3.93. The topological polar surface area (TPSA) is 73.7 Å². The molecule has 0 bridgehead atoms. The van der Waals surface area contributed by atoms with Crippen LogP contribution >= 0.6 is 22.9 Å². The number of halogens is 1. The standard InChI is InChI=1S/C20H19ClN2O3S/c21-14-5-3-4-13(10-14)18(24)17(23(20(25)26)11-12-8-9-12)19-22-15-6-1-2-7-16(15)27-19/h1-7,10,12,17-18,24H,8-9,11H2,(H,25,26)/t17-,18-/m0/s1. The quantitative estimate of drug-likeness (QED) is 0.600. The van der Waals surface area contributed by atoms with E-state index < -0.39 is 18.2 Å². The monoisotopic (exact) mass is 402 g/mol. The molecule has 27 heavy (non-hydrogen) atoms. The molecule has 2 atom stereocenters. The highest BCUT2D eigenvalue weighted by Gasteiger charge is 2.38. The first kappa shape index (κ1) is 18.2. The fourth-order valence-electron chi connectivity index (χ4n) is 3.22. The van der Waals surface area contributed by atoms with Gasteiger partial charge in [-0.2, -0.15) is 0 Å². The Bertz CT molecular complexity index is 940. The lowest BCUT2D eigenvalue weighted by atomic mass is 10.0. The molecule has 0 radical (unpaired) electrons. The summed E-state index contributed by atoms with van der Waals surface area (Å²) in [5.41, 5.74) is 1.38. The van der Waals surface area contributed by atoms with E-state index >= 15 is 0 Å². The third-order valence-electron chi connectivity index (χ3n) is 4.79. The van der Waals surface area contributed by atoms with Crippen LogP contribution < -0.4 is 0 Å². The molecule has 1 fully saturated rings. The smallest absolute Gasteiger partial charge is 0.408 e. The van der Waals surface area contributed by atoms with Gasteiger partial charge < -0.3 is 10.2 Å². The number of hydrogen-bond acceptors (Lipinski definition) is 4. The first-order valence-corrected chi connectivity index (χ1v) is 10.0. The highest BCUT2D eigenvalue weighted by molar-refractivity contribution is 7.18. The molecule has 5 nitrogen and oxygen atoms in total. The van der Waals surface area contributed by atoms with Gasteiger partial charge in [-0.05, 0) is 48.6 Å². The van der Waals surface area contributed by atoms with E-state index in [0.717, 1.165) is 23.1 Å². The van der Waals surface area contributed by atoms with Crippen molar-refractivity contribution < 1.29 is 15.0 Å². The predicted molar refractivity (Wildman–Crippen MR) is 106 cm³/mol. The summed E-state index contributed by atoms with van der Waals surface area (Å²) in [4.78, 5) is 18.0. The van der Waals surface area contributed by atoms with Gasteiger partial charge in [0.2, 0.25) is 0 Å². The van der Waals surface area contributed by atoms with Crippen LogP contribution in [0.25, 0.3) is 10.2 Å². The maximum atomic E-state index is 12.1. The van der Waals surface area contributed by atoms with Crippen LogP contribution in [0.4, 0.5) is 4.79 Å². The average Bonchev–Trinajstić information content (AvgIpc) is 3.37. The minimum absolute atomic E-state index is 0.351. The summed E-state index contributed by atoms with van der Waals surface area (Å²) in [5, 5.41) is 22.1. The average molecular weight is 403 g/mol. The highest BCUT2D eigenvalue weighted by atomic mass is 35.5. The predicted octanol–water partition coefficient (Wildman–Crippen LogP) is 5.11. The number of para-hydroxylation sites is 1. The lowest BCUT2D eigenvalue weighted by molar-refractivity contribution is 0.0442. The van der Waals surface area contributed by atoms with Gasteiger partial charge in [0.15, 0.2) is 0 Å². The number of rotatable bonds is 6. The van der Waals surface area contributed by atoms with E-state index in [9.17, 15) is 15.0 Å². The van der Waals surface area contributed by atoms with Gasteiger partial charge >= 0.3 is 6.09 Å². The first-order chi connectivity index (χ1) is 13.0. The molecular weight excluding hydrogens is 384 g/mol. The Labute approximate surface area is 165 Å². The van der Waals surface area contributed by atoms with Crippen molar-refractivity contribution in [2.75, 3.05) is 6.54 Å². The third-order valence-corrected chi connectivity index (χ3v) is 6.13. The Hall–Kier alpha value is -2.15. The van der Waals surface area contributed by atoms with E-state index in [1.54, 1.807) is 24.3 Å². The van der Waals surface area contributed by atoms with Gasteiger partial charge in [-0.1, -0.05) is 35.9 Å². The number of carboxylic acid groups (broad SMARTS) is 1. The maximum absolute atomic E-state index is 12.1. The summed E-state index contributed by atoms with van der Waals surface area (Å²) in [6, 6.07) is 13.8. The van der Waals surface area contributed by atoms with E-state index in [2.05, 4.69) is 4.98 Å². The van der Waals surface area contributed by atoms with Crippen molar-refractivity contribution >= 4 is 39.2 Å². The molecule has 2 aromatic carbocycles. The van der Waals surface area contributed by atoms with Crippen molar-refractivity contribution in [3.8, 4) is 0 Å². The lowest BCUT2D eigenvalue weighted by Gasteiger charge is -2.32. The molecule has 0 unspecified atom stereocenters. The van der Waals surface area contributed by atoms with Crippen LogP contribution in [0.2, 0.25) is 5.02 Å². The molecule has 3 aromatic rings. The molecule has 140 valence electrons. The zero-order chi connectivity index (χ0) is 19.0. The van der Waals surface area contributed by atoms with Crippen molar-refractivity contribution in [2.24, 2.45) is 5.92 Å². The number of fused-ring (bicyclic) bond motifs is 1. The maximum Gasteiger partial charge on any atom is 0.408 e. The number of hydrogen-bond donors (Lipinski definition) is 2. The number of nitrogens with zero attached hydrogens (tertiary/aromatic N) is 2. The summed E-state index contributed by atoms with van der Waals surface area (Å²) in [5.74, 6) is 0.351. The number of aliphatic hydroxyl groups excluding tert-OH is 1. The summed E-state index contributed by atoms with van der Waals surface area (Å²) in [7, 11) is 0. The minimum Gasteiger partial charge on any atom is -0.465 e. The lowest BCUT2D eigenvalue weighted by Crippen LogP contribution is -2.38. The van der Waals surface area contributed by atoms with Gasteiger partial charge in [0.25, 0.3) is 0 Å². The van der Waals surface area contributed by atoms with Crippen LogP contribution in [0.15, 0.2) is 48.5 Å².